The van der Waals surface area contributed by atoms with Gasteiger partial charge in [-0.3, -0.25) is 0 Å². The normalized spacial score (nSPS) is 17.7. The summed E-state index contributed by atoms with van der Waals surface area (Å²) in [5, 5.41) is 10.1. The fraction of sp³-hybridized carbons (Fsp3) is 0.179. The molecule has 0 spiro atoms. The molecule has 0 unspecified atom stereocenters. The van der Waals surface area contributed by atoms with Crippen molar-refractivity contribution in [3.05, 3.63) is 114 Å². The van der Waals surface area contributed by atoms with E-state index in [-0.39, 0.29) is 19.7 Å². The van der Waals surface area contributed by atoms with Gasteiger partial charge in [0.15, 0.2) is 12.1 Å². The summed E-state index contributed by atoms with van der Waals surface area (Å²) >= 11 is 0. The van der Waals surface area contributed by atoms with Crippen molar-refractivity contribution in [1.82, 2.24) is 9.80 Å². The van der Waals surface area contributed by atoms with Crippen molar-refractivity contribution in [1.29, 1.82) is 0 Å². The molecule has 0 aromatic heterocycles. The molecule has 35 heavy (non-hydrogen) atoms. The second-order valence-corrected chi connectivity index (χ2v) is 8.18. The maximum atomic E-state index is 13.4. The molecule has 4 rings (SSSR count). The first-order valence-corrected chi connectivity index (χ1v) is 11.3. The van der Waals surface area contributed by atoms with E-state index >= 15 is 0 Å². The lowest BCUT2D eigenvalue weighted by atomic mass is 10.1. The summed E-state index contributed by atoms with van der Waals surface area (Å²) in [7, 11) is 0. The minimum absolute atomic E-state index is 0.0391. The number of rotatable bonds is 9. The third kappa shape index (κ3) is 5.76. The first kappa shape index (κ1) is 23.8. The van der Waals surface area contributed by atoms with Crippen molar-refractivity contribution in [2.45, 2.75) is 25.2 Å². The second-order valence-electron chi connectivity index (χ2n) is 8.18. The highest BCUT2D eigenvalue weighted by molar-refractivity contribution is 5.96. The molecule has 0 radical (unpaired) electrons. The maximum absolute atomic E-state index is 13.4. The maximum Gasteiger partial charge on any atom is 0.332 e. The van der Waals surface area contributed by atoms with Gasteiger partial charge in [0.2, 0.25) is 0 Å². The number of aliphatic carboxylic acids is 1. The van der Waals surface area contributed by atoms with E-state index in [2.05, 4.69) is 0 Å². The van der Waals surface area contributed by atoms with Gasteiger partial charge in [-0.2, -0.15) is 0 Å². The van der Waals surface area contributed by atoms with Crippen LogP contribution in [0, 0.1) is 0 Å². The minimum Gasteiger partial charge on any atom is -0.480 e. The second kappa shape index (κ2) is 11.2. The number of carbonyl (C=O) groups excluding carboxylic acids is 2. The first-order chi connectivity index (χ1) is 17.0. The monoisotopic (exact) mass is 470 g/mol. The van der Waals surface area contributed by atoms with Gasteiger partial charge >= 0.3 is 18.0 Å². The standard InChI is InChI=1S/C28H26N2O5/c31-26(32)24-25(27(33)35-18-10-17-21-11-4-1-5-12-21)30(20-23-15-8-3-9-16-23)28(34)29(24)19-22-13-6-2-7-14-22/h1-17,24-25H,18-20H2,(H,31,32)/b17-10+/t24-,25+/m0/s1. The molecular formula is C28H26N2O5. The molecule has 1 saturated heterocycles. The topological polar surface area (TPSA) is 87.1 Å². The van der Waals surface area contributed by atoms with Crippen LogP contribution in [0.15, 0.2) is 97.1 Å². The highest BCUT2D eigenvalue weighted by Gasteiger charge is 2.53. The molecule has 1 aliphatic rings. The van der Waals surface area contributed by atoms with E-state index in [0.717, 1.165) is 16.7 Å². The lowest BCUT2D eigenvalue weighted by Gasteiger charge is -2.23. The Morgan fingerprint density at radius 3 is 1.77 bits per heavy atom. The predicted molar refractivity (Wildman–Crippen MR) is 131 cm³/mol. The van der Waals surface area contributed by atoms with Crippen molar-refractivity contribution >= 4 is 24.0 Å². The van der Waals surface area contributed by atoms with Crippen molar-refractivity contribution in [2.24, 2.45) is 0 Å². The molecule has 2 atom stereocenters. The van der Waals surface area contributed by atoms with Crippen molar-refractivity contribution in [3.8, 4) is 0 Å². The third-order valence-electron chi connectivity index (χ3n) is 5.78. The van der Waals surface area contributed by atoms with Crippen LogP contribution in [0.25, 0.3) is 6.08 Å². The number of urea groups is 1. The molecule has 178 valence electrons. The molecule has 0 aliphatic carbocycles. The van der Waals surface area contributed by atoms with Crippen LogP contribution >= 0.6 is 0 Å². The Hall–Kier alpha value is -4.39. The molecule has 0 bridgehead atoms. The zero-order valence-electron chi connectivity index (χ0n) is 19.1. The molecule has 7 nitrogen and oxygen atoms in total. The Bertz CT molecular complexity index is 1180. The molecule has 7 heteroatoms. The number of hydrogen-bond donors (Lipinski definition) is 1. The Morgan fingerprint density at radius 2 is 1.26 bits per heavy atom. The average molecular weight is 471 g/mol. The van der Waals surface area contributed by atoms with Gasteiger partial charge in [-0.05, 0) is 22.8 Å². The molecule has 1 aliphatic heterocycles. The number of hydrogen-bond acceptors (Lipinski definition) is 4. The fourth-order valence-electron chi connectivity index (χ4n) is 4.12. The summed E-state index contributed by atoms with van der Waals surface area (Å²) in [4.78, 5) is 41.5. The number of carboxylic acid groups (broad SMARTS) is 1. The van der Waals surface area contributed by atoms with Crippen LogP contribution in [-0.2, 0) is 27.4 Å². The van der Waals surface area contributed by atoms with E-state index in [9.17, 15) is 19.5 Å². The molecule has 1 N–H and O–H groups in total. The number of amides is 2. The van der Waals surface area contributed by atoms with Crippen molar-refractivity contribution in [3.63, 3.8) is 0 Å². The molecule has 0 saturated carbocycles. The summed E-state index contributed by atoms with van der Waals surface area (Å²) in [5.74, 6) is -2.01. The van der Waals surface area contributed by atoms with Gasteiger partial charge in [0.05, 0.1) is 0 Å². The lowest BCUT2D eigenvalue weighted by molar-refractivity contribution is -0.154. The quantitative estimate of drug-likeness (QED) is 0.474. The lowest BCUT2D eigenvalue weighted by Crippen LogP contribution is -2.48. The van der Waals surface area contributed by atoms with Gasteiger partial charge in [0, 0.05) is 13.1 Å². The highest BCUT2D eigenvalue weighted by Crippen LogP contribution is 2.28. The predicted octanol–water partition coefficient (Wildman–Crippen LogP) is 4.20. The van der Waals surface area contributed by atoms with Crippen LogP contribution in [0.5, 0.6) is 0 Å². The van der Waals surface area contributed by atoms with Gasteiger partial charge in [0.25, 0.3) is 0 Å². The van der Waals surface area contributed by atoms with Gasteiger partial charge in [-0.1, -0.05) is 97.1 Å². The van der Waals surface area contributed by atoms with Crippen molar-refractivity contribution in [2.75, 3.05) is 6.61 Å². The summed E-state index contributed by atoms with van der Waals surface area (Å²) in [6, 6.07) is 24.6. The third-order valence-corrected chi connectivity index (χ3v) is 5.78. The van der Waals surface area contributed by atoms with E-state index in [1.165, 1.54) is 9.80 Å². The molecular weight excluding hydrogens is 444 g/mol. The highest BCUT2D eigenvalue weighted by atomic mass is 16.5. The fourth-order valence-corrected chi connectivity index (χ4v) is 4.12. The first-order valence-electron chi connectivity index (χ1n) is 11.3. The van der Waals surface area contributed by atoms with E-state index < -0.39 is 30.1 Å². The minimum atomic E-state index is -1.38. The van der Waals surface area contributed by atoms with E-state index in [0.29, 0.717) is 0 Å². The van der Waals surface area contributed by atoms with E-state index in [1.54, 1.807) is 6.08 Å². The number of carbonyl (C=O) groups is 3. The molecule has 2 amide bonds. The number of nitrogens with zero attached hydrogens (tertiary/aromatic N) is 2. The SMILES string of the molecule is O=C(O)[C@@H]1[C@H](C(=O)OC/C=C/c2ccccc2)N(Cc2ccccc2)C(=O)N1Cc1ccccc1. The number of esters is 1. The zero-order chi connectivity index (χ0) is 24.6. The van der Waals surface area contributed by atoms with E-state index in [1.807, 2.05) is 97.1 Å². The van der Waals surface area contributed by atoms with Crippen LogP contribution in [0.2, 0.25) is 0 Å². The summed E-state index contributed by atoms with van der Waals surface area (Å²) in [6.45, 7) is 0.122. The molecule has 1 heterocycles. The average Bonchev–Trinajstić information content (AvgIpc) is 3.15. The number of benzene rings is 3. The van der Waals surface area contributed by atoms with Crippen LogP contribution < -0.4 is 0 Å². The summed E-state index contributed by atoms with van der Waals surface area (Å²) in [6.07, 6.45) is 3.49. The summed E-state index contributed by atoms with van der Waals surface area (Å²) < 4.78 is 5.43. The largest absolute Gasteiger partial charge is 0.480 e. The zero-order valence-corrected chi connectivity index (χ0v) is 19.1. The van der Waals surface area contributed by atoms with Gasteiger partial charge in [-0.15, -0.1) is 0 Å². The summed E-state index contributed by atoms with van der Waals surface area (Å²) in [5.41, 5.74) is 2.50. The van der Waals surface area contributed by atoms with Gasteiger partial charge in [-0.25, -0.2) is 14.4 Å². The number of ether oxygens (including phenoxy) is 1. The molecule has 3 aromatic carbocycles. The van der Waals surface area contributed by atoms with Crippen LogP contribution in [-0.4, -0.2) is 51.6 Å². The molecule has 3 aromatic rings. The molecule has 1 fully saturated rings. The van der Waals surface area contributed by atoms with Crippen LogP contribution in [0.4, 0.5) is 4.79 Å². The van der Waals surface area contributed by atoms with Gasteiger partial charge in [0.1, 0.15) is 6.61 Å². The van der Waals surface area contributed by atoms with Crippen molar-refractivity contribution < 1.29 is 24.2 Å². The Labute approximate surface area is 203 Å². The van der Waals surface area contributed by atoms with Gasteiger partial charge < -0.3 is 19.6 Å². The van der Waals surface area contributed by atoms with Crippen LogP contribution in [0.1, 0.15) is 16.7 Å². The van der Waals surface area contributed by atoms with Crippen LogP contribution in [0.3, 0.4) is 0 Å². The Kier molecular flexibility index (Phi) is 7.57. The smallest absolute Gasteiger partial charge is 0.332 e. The van der Waals surface area contributed by atoms with E-state index in [4.69, 9.17) is 4.74 Å². The Balaban J connectivity index is 1.57. The number of carboxylic acids is 1. The Morgan fingerprint density at radius 1 is 0.771 bits per heavy atom.